The summed E-state index contributed by atoms with van der Waals surface area (Å²) in [5.41, 5.74) is 2.02. The zero-order valence-electron chi connectivity index (χ0n) is 11.4. The molecular formula is C13H26SSi. The van der Waals surface area contributed by atoms with Crippen LogP contribution in [0.3, 0.4) is 0 Å². The topological polar surface area (TPSA) is 0 Å². The molecule has 0 aromatic carbocycles. The highest BCUT2D eigenvalue weighted by molar-refractivity contribution is 8.02. The smallest absolute Gasteiger partial charge is 0.0637 e. The molecule has 88 valence electrons. The second-order valence-electron chi connectivity index (χ2n) is 6.87. The van der Waals surface area contributed by atoms with Gasteiger partial charge in [0.05, 0.1) is 8.07 Å². The second kappa shape index (κ2) is 3.96. The maximum atomic E-state index is 2.53. The highest BCUT2D eigenvalue weighted by Gasteiger charge is 2.52. The summed E-state index contributed by atoms with van der Waals surface area (Å²) in [6.45, 7) is 17.2. The summed E-state index contributed by atoms with van der Waals surface area (Å²) >= 11 is 2.21. The van der Waals surface area contributed by atoms with Gasteiger partial charge in [-0.05, 0) is 18.8 Å². The van der Waals surface area contributed by atoms with Gasteiger partial charge in [0.2, 0.25) is 0 Å². The highest BCUT2D eigenvalue weighted by Crippen LogP contribution is 2.53. The minimum Gasteiger partial charge on any atom is -0.153 e. The Morgan fingerprint density at radius 1 is 1.27 bits per heavy atom. The van der Waals surface area contributed by atoms with Crippen molar-refractivity contribution in [1.29, 1.82) is 0 Å². The lowest BCUT2D eigenvalue weighted by atomic mass is 9.86. The number of rotatable bonds is 1. The van der Waals surface area contributed by atoms with Crippen LogP contribution in [0.15, 0.2) is 11.6 Å². The largest absolute Gasteiger partial charge is 0.153 e. The molecule has 0 spiro atoms. The molecule has 0 N–H and O–H groups in total. The first kappa shape index (κ1) is 13.4. The Bertz CT molecular complexity index is 251. The molecule has 1 unspecified atom stereocenters. The predicted octanol–water partition coefficient (Wildman–Crippen LogP) is 4.73. The van der Waals surface area contributed by atoms with E-state index in [0.29, 0.717) is 9.79 Å². The number of thioether (sulfide) groups is 1. The molecule has 0 bridgehead atoms. The molecule has 1 aliphatic heterocycles. The van der Waals surface area contributed by atoms with Crippen molar-refractivity contribution < 1.29 is 0 Å². The molecule has 0 nitrogen and oxygen atoms in total. The van der Waals surface area contributed by atoms with Gasteiger partial charge in [0.15, 0.2) is 0 Å². The Kier molecular flexibility index (Phi) is 3.53. The minimum atomic E-state index is -1.16. The van der Waals surface area contributed by atoms with E-state index < -0.39 is 8.07 Å². The number of hydrogen-bond acceptors (Lipinski definition) is 1. The van der Waals surface area contributed by atoms with Gasteiger partial charge in [-0.1, -0.05) is 52.1 Å². The third-order valence-electron chi connectivity index (χ3n) is 3.71. The molecule has 0 radical (unpaired) electrons. The molecule has 0 fully saturated rings. The Morgan fingerprint density at radius 3 is 2.07 bits per heavy atom. The van der Waals surface area contributed by atoms with Crippen LogP contribution in [-0.2, 0) is 0 Å². The lowest BCUT2D eigenvalue weighted by Gasteiger charge is -2.54. The molecule has 0 aromatic heterocycles. The van der Waals surface area contributed by atoms with Gasteiger partial charge in [-0.15, -0.1) is 0 Å². The van der Waals surface area contributed by atoms with Gasteiger partial charge in [0.1, 0.15) is 0 Å². The van der Waals surface area contributed by atoms with E-state index in [4.69, 9.17) is 0 Å². The average molecular weight is 243 g/mol. The fraction of sp³-hybridized carbons (Fsp3) is 0.846. The maximum Gasteiger partial charge on any atom is 0.0637 e. The standard InChI is InChI=1S/C13H26SSi/c1-11-8-9-14-13(10-11,12(2,3)4)15(5,6)7/h8H,9-10H2,1-7H3. The quantitative estimate of drug-likeness (QED) is 0.473. The van der Waals surface area contributed by atoms with E-state index in [1.54, 1.807) is 5.57 Å². The van der Waals surface area contributed by atoms with Crippen LogP contribution in [0.5, 0.6) is 0 Å². The van der Waals surface area contributed by atoms with Crippen LogP contribution in [0.25, 0.3) is 0 Å². The zero-order valence-corrected chi connectivity index (χ0v) is 13.2. The Labute approximate surface area is 101 Å². The van der Waals surface area contributed by atoms with E-state index in [2.05, 4.69) is 65.2 Å². The summed E-state index contributed by atoms with van der Waals surface area (Å²) in [7, 11) is -1.16. The molecular weight excluding hydrogens is 216 g/mol. The number of allylic oxidation sites excluding steroid dienone is 1. The molecule has 1 heterocycles. The van der Waals surface area contributed by atoms with Crippen molar-refractivity contribution in [2.75, 3.05) is 5.75 Å². The van der Waals surface area contributed by atoms with Crippen molar-refractivity contribution in [3.8, 4) is 0 Å². The van der Waals surface area contributed by atoms with E-state index in [9.17, 15) is 0 Å². The third kappa shape index (κ3) is 2.36. The van der Waals surface area contributed by atoms with Gasteiger partial charge in [-0.2, -0.15) is 11.8 Å². The maximum absolute atomic E-state index is 2.53. The summed E-state index contributed by atoms with van der Waals surface area (Å²) in [6.07, 6.45) is 3.71. The van der Waals surface area contributed by atoms with E-state index in [0.717, 1.165) is 0 Å². The fourth-order valence-electron chi connectivity index (χ4n) is 2.93. The molecule has 1 atom stereocenters. The van der Waals surface area contributed by atoms with Crippen molar-refractivity contribution in [3.63, 3.8) is 0 Å². The SMILES string of the molecule is CC1=CCSC(C(C)(C)C)([Si](C)(C)C)C1. The monoisotopic (exact) mass is 242 g/mol. The molecule has 0 saturated heterocycles. The Balaban J connectivity index is 3.16. The van der Waals surface area contributed by atoms with Crippen molar-refractivity contribution in [2.45, 2.75) is 58.1 Å². The van der Waals surface area contributed by atoms with Crippen molar-refractivity contribution in [3.05, 3.63) is 11.6 Å². The van der Waals surface area contributed by atoms with Gasteiger partial charge in [0.25, 0.3) is 0 Å². The molecule has 0 saturated carbocycles. The summed E-state index contributed by atoms with van der Waals surface area (Å²) in [4.78, 5) is 0. The number of hydrogen-bond donors (Lipinski definition) is 0. The molecule has 0 aliphatic carbocycles. The van der Waals surface area contributed by atoms with Crippen LogP contribution < -0.4 is 0 Å². The van der Waals surface area contributed by atoms with Crippen LogP contribution in [0, 0.1) is 5.41 Å². The molecule has 15 heavy (non-hydrogen) atoms. The van der Waals surface area contributed by atoms with Crippen LogP contribution in [0.4, 0.5) is 0 Å². The van der Waals surface area contributed by atoms with E-state index in [-0.39, 0.29) is 0 Å². The van der Waals surface area contributed by atoms with Crippen molar-refractivity contribution >= 4 is 19.8 Å². The lowest BCUT2D eigenvalue weighted by molar-refractivity contribution is 0.344. The first-order valence-electron chi connectivity index (χ1n) is 5.90. The molecule has 1 rings (SSSR count). The van der Waals surface area contributed by atoms with E-state index >= 15 is 0 Å². The molecule has 0 aromatic rings. The van der Waals surface area contributed by atoms with Crippen LogP contribution in [-0.4, -0.2) is 18.2 Å². The van der Waals surface area contributed by atoms with Gasteiger partial charge in [0, 0.05) is 10.1 Å². The van der Waals surface area contributed by atoms with Gasteiger partial charge in [-0.25, -0.2) is 0 Å². The highest BCUT2D eigenvalue weighted by atomic mass is 32.2. The fourth-order valence-corrected chi connectivity index (χ4v) is 9.39. The molecule has 1 aliphatic rings. The second-order valence-corrected chi connectivity index (χ2v) is 13.9. The minimum absolute atomic E-state index is 0.414. The Hall–Kier alpha value is 0.307. The van der Waals surface area contributed by atoms with Crippen LogP contribution in [0.1, 0.15) is 34.1 Å². The third-order valence-corrected chi connectivity index (χ3v) is 10.9. The lowest BCUT2D eigenvalue weighted by Crippen LogP contribution is -2.58. The summed E-state index contributed by atoms with van der Waals surface area (Å²) in [5.74, 6) is 1.22. The van der Waals surface area contributed by atoms with Crippen molar-refractivity contribution in [2.24, 2.45) is 5.41 Å². The Morgan fingerprint density at radius 2 is 1.80 bits per heavy atom. The van der Waals surface area contributed by atoms with Crippen molar-refractivity contribution in [1.82, 2.24) is 0 Å². The summed E-state index contributed by atoms with van der Waals surface area (Å²) in [5, 5.41) is 0. The van der Waals surface area contributed by atoms with Gasteiger partial charge in [-0.3, -0.25) is 0 Å². The zero-order chi connectivity index (χ0) is 11.9. The van der Waals surface area contributed by atoms with Crippen LogP contribution >= 0.6 is 11.8 Å². The summed E-state index contributed by atoms with van der Waals surface area (Å²) < 4.78 is 0.513. The molecule has 2 heteroatoms. The normalized spacial score (nSPS) is 28.9. The van der Waals surface area contributed by atoms with Crippen LogP contribution in [0.2, 0.25) is 19.6 Å². The van der Waals surface area contributed by atoms with E-state index in [1.807, 2.05) is 0 Å². The van der Waals surface area contributed by atoms with Gasteiger partial charge < -0.3 is 0 Å². The first-order valence-corrected chi connectivity index (χ1v) is 10.4. The predicted molar refractivity (Wildman–Crippen MR) is 76.4 cm³/mol. The molecule has 0 amide bonds. The first-order chi connectivity index (χ1) is 6.60. The van der Waals surface area contributed by atoms with E-state index in [1.165, 1.54) is 12.2 Å². The van der Waals surface area contributed by atoms with Gasteiger partial charge >= 0.3 is 0 Å². The average Bonchev–Trinajstić information content (AvgIpc) is 1.99. The summed E-state index contributed by atoms with van der Waals surface area (Å²) in [6, 6.07) is 0.